The Bertz CT molecular complexity index is 1050. The van der Waals surface area contributed by atoms with Crippen molar-refractivity contribution in [2.24, 2.45) is 0 Å². The number of amides is 1. The van der Waals surface area contributed by atoms with E-state index >= 15 is 0 Å². The second kappa shape index (κ2) is 10.2. The third-order valence-electron chi connectivity index (χ3n) is 5.62. The molecule has 0 aliphatic rings. The summed E-state index contributed by atoms with van der Waals surface area (Å²) >= 11 is 0. The van der Waals surface area contributed by atoms with Gasteiger partial charge in [-0.1, -0.05) is 69.2 Å². The molecule has 0 fully saturated rings. The van der Waals surface area contributed by atoms with Crippen LogP contribution in [0.4, 0.5) is 0 Å². The molecular weight excluding hydrogens is 372 g/mol. The van der Waals surface area contributed by atoms with Crippen LogP contribution in [-0.2, 0) is 11.3 Å². The zero-order chi connectivity index (χ0) is 21.5. The average Bonchev–Trinajstić information content (AvgIpc) is 2.76. The number of benzene rings is 2. The minimum absolute atomic E-state index is 0.0202. The highest BCUT2D eigenvalue weighted by Gasteiger charge is 2.17. The van der Waals surface area contributed by atoms with Crippen LogP contribution in [0.2, 0.25) is 0 Å². The first-order valence-corrected chi connectivity index (χ1v) is 11.0. The van der Waals surface area contributed by atoms with E-state index in [-0.39, 0.29) is 17.9 Å². The lowest BCUT2D eigenvalue weighted by Crippen LogP contribution is -2.35. The molecule has 0 saturated carbocycles. The summed E-state index contributed by atoms with van der Waals surface area (Å²) in [5.74, 6) is 0.113. The first-order valence-electron chi connectivity index (χ1n) is 11.0. The van der Waals surface area contributed by atoms with Gasteiger partial charge in [-0.3, -0.25) is 9.59 Å². The Morgan fingerprint density at radius 1 is 0.933 bits per heavy atom. The molecule has 3 aromatic rings. The Morgan fingerprint density at radius 3 is 2.23 bits per heavy atom. The topological polar surface area (TPSA) is 42.3 Å². The zero-order valence-electron chi connectivity index (χ0n) is 18.4. The van der Waals surface area contributed by atoms with E-state index < -0.39 is 0 Å². The van der Waals surface area contributed by atoms with Crippen molar-refractivity contribution >= 4 is 16.8 Å². The van der Waals surface area contributed by atoms with Crippen molar-refractivity contribution in [1.82, 2.24) is 9.47 Å². The van der Waals surface area contributed by atoms with E-state index in [0.717, 1.165) is 55.4 Å². The maximum Gasteiger partial charge on any atom is 0.242 e. The monoisotopic (exact) mass is 404 g/mol. The van der Waals surface area contributed by atoms with Crippen molar-refractivity contribution in [1.29, 1.82) is 0 Å². The molecule has 0 spiro atoms. The molecule has 1 amide bonds. The highest BCUT2D eigenvalue weighted by atomic mass is 16.2. The molecule has 3 rings (SSSR count). The predicted molar refractivity (Wildman–Crippen MR) is 125 cm³/mol. The van der Waals surface area contributed by atoms with Gasteiger partial charge in [0.2, 0.25) is 5.91 Å². The van der Waals surface area contributed by atoms with Gasteiger partial charge in [0.15, 0.2) is 5.43 Å². The molecule has 1 heterocycles. The molecule has 30 heavy (non-hydrogen) atoms. The van der Waals surface area contributed by atoms with E-state index in [1.165, 1.54) is 0 Å². The molecule has 0 radical (unpaired) electrons. The quantitative estimate of drug-likeness (QED) is 0.479. The van der Waals surface area contributed by atoms with Crippen molar-refractivity contribution in [3.63, 3.8) is 0 Å². The lowest BCUT2D eigenvalue weighted by Gasteiger charge is -2.24. The standard InChI is InChI=1S/C26H32N2O2/c1-4-6-16-27(17-7-5-2)24(29)19-28-18-22(21-13-9-8-10-14-21)26(30)25-20(3)12-11-15-23(25)28/h8-15,18H,4-7,16-17,19H2,1-3H3. The van der Waals surface area contributed by atoms with Crippen LogP contribution in [0.3, 0.4) is 0 Å². The number of rotatable bonds is 9. The van der Waals surface area contributed by atoms with Crippen molar-refractivity contribution in [2.45, 2.75) is 53.0 Å². The van der Waals surface area contributed by atoms with Crippen LogP contribution in [-0.4, -0.2) is 28.5 Å². The number of fused-ring (bicyclic) bond motifs is 1. The van der Waals surface area contributed by atoms with E-state index in [1.807, 2.05) is 71.1 Å². The minimum atomic E-state index is 0.0202. The third-order valence-corrected chi connectivity index (χ3v) is 5.62. The smallest absolute Gasteiger partial charge is 0.242 e. The van der Waals surface area contributed by atoms with E-state index in [0.29, 0.717) is 10.9 Å². The molecule has 1 aromatic heterocycles. The van der Waals surface area contributed by atoms with Gasteiger partial charge in [-0.25, -0.2) is 0 Å². The lowest BCUT2D eigenvalue weighted by molar-refractivity contribution is -0.131. The van der Waals surface area contributed by atoms with Gasteiger partial charge in [-0.05, 0) is 37.0 Å². The van der Waals surface area contributed by atoms with Crippen molar-refractivity contribution in [3.05, 3.63) is 70.5 Å². The van der Waals surface area contributed by atoms with Crippen molar-refractivity contribution < 1.29 is 4.79 Å². The summed E-state index contributed by atoms with van der Waals surface area (Å²) in [7, 11) is 0. The molecule has 4 heteroatoms. The molecular formula is C26H32N2O2. The fourth-order valence-electron chi connectivity index (χ4n) is 3.86. The Hall–Kier alpha value is -2.88. The Morgan fingerprint density at radius 2 is 1.60 bits per heavy atom. The van der Waals surface area contributed by atoms with Crippen LogP contribution >= 0.6 is 0 Å². The van der Waals surface area contributed by atoms with Gasteiger partial charge in [-0.2, -0.15) is 0 Å². The summed E-state index contributed by atoms with van der Waals surface area (Å²) < 4.78 is 1.96. The van der Waals surface area contributed by atoms with Gasteiger partial charge in [0.05, 0.1) is 5.52 Å². The minimum Gasteiger partial charge on any atom is -0.341 e. The van der Waals surface area contributed by atoms with Crippen LogP contribution in [0.5, 0.6) is 0 Å². The normalized spacial score (nSPS) is 11.0. The first kappa shape index (κ1) is 21.8. The number of aromatic nitrogens is 1. The van der Waals surface area contributed by atoms with Gasteiger partial charge in [-0.15, -0.1) is 0 Å². The van der Waals surface area contributed by atoms with E-state index in [9.17, 15) is 9.59 Å². The van der Waals surface area contributed by atoms with Gasteiger partial charge in [0, 0.05) is 30.2 Å². The van der Waals surface area contributed by atoms with Crippen molar-refractivity contribution in [2.75, 3.05) is 13.1 Å². The summed E-state index contributed by atoms with van der Waals surface area (Å²) in [6.07, 6.45) is 6.00. The summed E-state index contributed by atoms with van der Waals surface area (Å²) in [4.78, 5) is 28.5. The molecule has 0 atom stereocenters. The van der Waals surface area contributed by atoms with E-state index in [2.05, 4.69) is 13.8 Å². The fourth-order valence-corrected chi connectivity index (χ4v) is 3.86. The SMILES string of the molecule is CCCCN(CCCC)C(=O)Cn1cc(-c2ccccc2)c(=O)c2c(C)cccc21. The van der Waals surface area contributed by atoms with Gasteiger partial charge in [0.1, 0.15) is 6.54 Å². The summed E-state index contributed by atoms with van der Waals surface area (Å²) in [6.45, 7) is 8.07. The maximum absolute atomic E-state index is 13.3. The molecule has 0 saturated heterocycles. The van der Waals surface area contributed by atoms with Crippen LogP contribution in [0.25, 0.3) is 22.0 Å². The van der Waals surface area contributed by atoms with Crippen LogP contribution in [0, 0.1) is 6.92 Å². The number of hydrogen-bond acceptors (Lipinski definition) is 2. The number of pyridine rings is 1. The number of aryl methyl sites for hydroxylation is 1. The molecule has 2 aromatic carbocycles. The van der Waals surface area contributed by atoms with Crippen LogP contribution in [0.15, 0.2) is 59.5 Å². The summed E-state index contributed by atoms with van der Waals surface area (Å²) in [5.41, 5.74) is 3.29. The summed E-state index contributed by atoms with van der Waals surface area (Å²) in [5, 5.41) is 0.695. The molecule has 0 N–H and O–H groups in total. The molecule has 0 unspecified atom stereocenters. The number of hydrogen-bond donors (Lipinski definition) is 0. The molecule has 0 aliphatic carbocycles. The van der Waals surface area contributed by atoms with E-state index in [4.69, 9.17) is 0 Å². The largest absolute Gasteiger partial charge is 0.341 e. The van der Waals surface area contributed by atoms with Crippen LogP contribution in [0.1, 0.15) is 45.1 Å². The maximum atomic E-state index is 13.3. The highest BCUT2D eigenvalue weighted by molar-refractivity contribution is 5.88. The molecule has 4 nitrogen and oxygen atoms in total. The number of carbonyl (C=O) groups excluding carboxylic acids is 1. The molecule has 0 bridgehead atoms. The highest BCUT2D eigenvalue weighted by Crippen LogP contribution is 2.22. The second-order valence-corrected chi connectivity index (χ2v) is 7.92. The second-order valence-electron chi connectivity index (χ2n) is 7.92. The third kappa shape index (κ3) is 4.81. The molecule has 0 aliphatic heterocycles. The Kier molecular flexibility index (Phi) is 7.45. The molecule has 158 valence electrons. The summed E-state index contributed by atoms with van der Waals surface area (Å²) in [6, 6.07) is 15.5. The van der Waals surface area contributed by atoms with Crippen molar-refractivity contribution in [3.8, 4) is 11.1 Å². The Balaban J connectivity index is 2.06. The van der Waals surface area contributed by atoms with E-state index in [1.54, 1.807) is 0 Å². The number of carbonyl (C=O) groups is 1. The number of nitrogens with zero attached hydrogens (tertiary/aromatic N) is 2. The van der Waals surface area contributed by atoms with Gasteiger partial charge in [0.25, 0.3) is 0 Å². The first-order chi connectivity index (χ1) is 14.6. The predicted octanol–water partition coefficient (Wildman–Crippen LogP) is 5.41. The van der Waals surface area contributed by atoms with Crippen LogP contribution < -0.4 is 5.43 Å². The lowest BCUT2D eigenvalue weighted by atomic mass is 10.0. The van der Waals surface area contributed by atoms with Gasteiger partial charge >= 0.3 is 0 Å². The van der Waals surface area contributed by atoms with Gasteiger partial charge < -0.3 is 9.47 Å². The zero-order valence-corrected chi connectivity index (χ0v) is 18.4. The number of unbranched alkanes of at least 4 members (excludes halogenated alkanes) is 2. The fraction of sp³-hybridized carbons (Fsp3) is 0.385. The Labute approximate surface area is 179 Å². The average molecular weight is 405 g/mol.